The minimum atomic E-state index is -0.490. The molecule has 6 nitrogen and oxygen atoms in total. The number of amides is 1. The van der Waals surface area contributed by atoms with Gasteiger partial charge in [-0.1, -0.05) is 11.3 Å². The van der Waals surface area contributed by atoms with Gasteiger partial charge in [0.15, 0.2) is 5.69 Å². The van der Waals surface area contributed by atoms with Crippen molar-refractivity contribution in [1.82, 2.24) is 15.0 Å². The van der Waals surface area contributed by atoms with Crippen LogP contribution in [0.15, 0.2) is 41.8 Å². The maximum absolute atomic E-state index is 11.1. The molecule has 0 aliphatic rings. The van der Waals surface area contributed by atoms with Crippen molar-refractivity contribution < 1.29 is 4.79 Å². The van der Waals surface area contributed by atoms with Crippen LogP contribution in [0, 0.1) is 11.3 Å². The molecule has 0 unspecified atom stereocenters. The summed E-state index contributed by atoms with van der Waals surface area (Å²) in [5, 5.41) is 19.0. The summed E-state index contributed by atoms with van der Waals surface area (Å²) in [5.74, 6) is -0.490. The first kappa shape index (κ1) is 13.0. The van der Waals surface area contributed by atoms with Crippen LogP contribution in [0.4, 0.5) is 0 Å². The molecule has 7 heteroatoms. The normalized spacial score (nSPS) is 10.2. The number of nitrogens with zero attached hydrogens (tertiary/aromatic N) is 4. The number of nitriles is 1. The molecular weight excluding hydrogens is 286 g/mol. The number of carbonyl (C=O) groups excluding carboxylic acids is 1. The van der Waals surface area contributed by atoms with Crippen LogP contribution in [0.5, 0.6) is 0 Å². The number of benzene rings is 1. The minimum Gasteiger partial charge on any atom is -0.366 e. The third kappa shape index (κ3) is 2.28. The molecule has 0 saturated carbocycles. The fraction of sp³-hybridized carbons (Fsp3) is 0. The van der Waals surface area contributed by atoms with Gasteiger partial charge in [-0.15, -0.1) is 16.4 Å². The number of aromatic nitrogens is 3. The first-order valence-electron chi connectivity index (χ1n) is 6.00. The van der Waals surface area contributed by atoms with Crippen LogP contribution in [0.2, 0.25) is 0 Å². The number of primary amides is 1. The maximum atomic E-state index is 11.1. The molecule has 2 heterocycles. The molecule has 2 N–H and O–H groups in total. The van der Waals surface area contributed by atoms with E-state index in [1.165, 1.54) is 11.3 Å². The highest BCUT2D eigenvalue weighted by Crippen LogP contribution is 2.28. The van der Waals surface area contributed by atoms with Gasteiger partial charge >= 0.3 is 0 Å². The Morgan fingerprint density at radius 3 is 2.62 bits per heavy atom. The van der Waals surface area contributed by atoms with Gasteiger partial charge in [-0.05, 0) is 35.7 Å². The summed E-state index contributed by atoms with van der Waals surface area (Å²) in [5.41, 5.74) is 7.24. The summed E-state index contributed by atoms with van der Waals surface area (Å²) >= 11 is 1.50. The predicted molar refractivity (Wildman–Crippen MR) is 77.9 cm³/mol. The zero-order valence-corrected chi connectivity index (χ0v) is 11.5. The van der Waals surface area contributed by atoms with Gasteiger partial charge in [0, 0.05) is 5.56 Å². The van der Waals surface area contributed by atoms with Crippen molar-refractivity contribution in [2.75, 3.05) is 0 Å². The van der Waals surface area contributed by atoms with E-state index in [1.54, 1.807) is 28.9 Å². The quantitative estimate of drug-likeness (QED) is 0.798. The van der Waals surface area contributed by atoms with Crippen LogP contribution >= 0.6 is 11.3 Å². The molecule has 102 valence electrons. The number of hydrogen-bond donors (Lipinski definition) is 1. The Morgan fingerprint density at radius 1 is 1.29 bits per heavy atom. The lowest BCUT2D eigenvalue weighted by molar-refractivity contribution is 0.100. The summed E-state index contributed by atoms with van der Waals surface area (Å²) < 4.78 is 1.58. The van der Waals surface area contributed by atoms with Gasteiger partial charge in [0.2, 0.25) is 5.91 Å². The second kappa shape index (κ2) is 5.19. The molecule has 0 aliphatic carbocycles. The Hall–Kier alpha value is -2.98. The Morgan fingerprint density at radius 2 is 2.05 bits per heavy atom. The van der Waals surface area contributed by atoms with Gasteiger partial charge in [-0.2, -0.15) is 5.26 Å². The van der Waals surface area contributed by atoms with E-state index < -0.39 is 5.91 Å². The van der Waals surface area contributed by atoms with Crippen LogP contribution in [0.25, 0.3) is 16.3 Å². The standard InChI is InChI=1S/C14H9N5OS/c15-8-11-13(12-2-1-7-21-12)19(18-17-11)10-5-3-9(4-6-10)14(16)20/h1-7H,(H2,16,20). The molecular formula is C14H9N5OS. The summed E-state index contributed by atoms with van der Waals surface area (Å²) in [6.07, 6.45) is 0. The molecule has 0 spiro atoms. The van der Waals surface area contributed by atoms with Crippen molar-refractivity contribution in [2.45, 2.75) is 0 Å². The Kier molecular flexibility index (Phi) is 3.22. The first-order chi connectivity index (χ1) is 10.2. The molecule has 3 rings (SSSR count). The lowest BCUT2D eigenvalue weighted by Crippen LogP contribution is -2.10. The highest BCUT2D eigenvalue weighted by molar-refractivity contribution is 7.13. The Balaban J connectivity index is 2.13. The highest BCUT2D eigenvalue weighted by atomic mass is 32.1. The fourth-order valence-corrected chi connectivity index (χ4v) is 2.69. The second-order valence-electron chi connectivity index (χ2n) is 4.20. The third-order valence-corrected chi connectivity index (χ3v) is 3.80. The van der Waals surface area contributed by atoms with Crippen molar-refractivity contribution in [3.05, 3.63) is 53.0 Å². The molecule has 0 aliphatic heterocycles. The van der Waals surface area contributed by atoms with Crippen molar-refractivity contribution in [3.63, 3.8) is 0 Å². The molecule has 2 aromatic heterocycles. The first-order valence-corrected chi connectivity index (χ1v) is 6.88. The molecule has 0 saturated heterocycles. The minimum absolute atomic E-state index is 0.261. The Bertz CT molecular complexity index is 827. The van der Waals surface area contributed by atoms with Crippen LogP contribution in [-0.4, -0.2) is 20.9 Å². The third-order valence-electron chi connectivity index (χ3n) is 2.93. The monoisotopic (exact) mass is 295 g/mol. The number of thiophene rings is 1. The van der Waals surface area contributed by atoms with Crippen molar-refractivity contribution in [3.8, 4) is 22.3 Å². The van der Waals surface area contributed by atoms with E-state index in [9.17, 15) is 10.1 Å². The van der Waals surface area contributed by atoms with E-state index in [0.29, 0.717) is 16.9 Å². The summed E-state index contributed by atoms with van der Waals surface area (Å²) in [7, 11) is 0. The molecule has 21 heavy (non-hydrogen) atoms. The van der Waals surface area contributed by atoms with Crippen molar-refractivity contribution in [1.29, 1.82) is 5.26 Å². The van der Waals surface area contributed by atoms with E-state index in [2.05, 4.69) is 10.3 Å². The van der Waals surface area contributed by atoms with Crippen LogP contribution in [0.1, 0.15) is 16.1 Å². The van der Waals surface area contributed by atoms with E-state index in [0.717, 1.165) is 4.88 Å². The lowest BCUT2D eigenvalue weighted by Gasteiger charge is -2.05. The summed E-state index contributed by atoms with van der Waals surface area (Å²) in [6.45, 7) is 0. The predicted octanol–water partition coefficient (Wildman–Crippen LogP) is 1.97. The van der Waals surface area contributed by atoms with E-state index >= 15 is 0 Å². The highest BCUT2D eigenvalue weighted by Gasteiger charge is 2.17. The van der Waals surface area contributed by atoms with Crippen LogP contribution < -0.4 is 5.73 Å². The van der Waals surface area contributed by atoms with Crippen LogP contribution in [-0.2, 0) is 0 Å². The van der Waals surface area contributed by atoms with Crippen LogP contribution in [0.3, 0.4) is 0 Å². The van der Waals surface area contributed by atoms with Gasteiger partial charge in [-0.25, -0.2) is 4.68 Å². The topological polar surface area (TPSA) is 97.6 Å². The van der Waals surface area contributed by atoms with Gasteiger partial charge in [-0.3, -0.25) is 4.79 Å². The molecule has 3 aromatic rings. The zero-order chi connectivity index (χ0) is 14.8. The maximum Gasteiger partial charge on any atom is 0.248 e. The van der Waals surface area contributed by atoms with Gasteiger partial charge < -0.3 is 5.73 Å². The zero-order valence-electron chi connectivity index (χ0n) is 10.7. The number of rotatable bonds is 3. The van der Waals surface area contributed by atoms with Gasteiger partial charge in [0.25, 0.3) is 0 Å². The van der Waals surface area contributed by atoms with Gasteiger partial charge in [0.05, 0.1) is 10.6 Å². The van der Waals surface area contributed by atoms with E-state index in [-0.39, 0.29) is 5.69 Å². The molecule has 0 atom stereocenters. The van der Waals surface area contributed by atoms with Crippen molar-refractivity contribution >= 4 is 17.2 Å². The molecule has 1 amide bonds. The number of carbonyl (C=O) groups is 1. The fourth-order valence-electron chi connectivity index (χ4n) is 1.94. The SMILES string of the molecule is N#Cc1nnn(-c2ccc(C(N)=O)cc2)c1-c1cccs1. The average Bonchev–Trinajstić information content (AvgIpc) is 3.15. The smallest absolute Gasteiger partial charge is 0.248 e. The molecule has 0 fully saturated rings. The largest absolute Gasteiger partial charge is 0.366 e. The molecule has 0 radical (unpaired) electrons. The second-order valence-corrected chi connectivity index (χ2v) is 5.15. The molecule has 0 bridgehead atoms. The lowest BCUT2D eigenvalue weighted by atomic mass is 10.2. The summed E-state index contributed by atoms with van der Waals surface area (Å²) in [4.78, 5) is 12.0. The number of nitrogens with two attached hydrogens (primary N) is 1. The van der Waals surface area contributed by atoms with Gasteiger partial charge in [0.1, 0.15) is 11.8 Å². The van der Waals surface area contributed by atoms with Crippen molar-refractivity contribution in [2.24, 2.45) is 5.73 Å². The summed E-state index contributed by atoms with van der Waals surface area (Å²) in [6, 6.07) is 12.5. The molecule has 1 aromatic carbocycles. The Labute approximate surface area is 124 Å². The number of hydrogen-bond acceptors (Lipinski definition) is 5. The van der Waals surface area contributed by atoms with E-state index in [4.69, 9.17) is 5.73 Å². The average molecular weight is 295 g/mol. The van der Waals surface area contributed by atoms with E-state index in [1.807, 2.05) is 23.6 Å².